The van der Waals surface area contributed by atoms with Gasteiger partial charge in [-0.3, -0.25) is 0 Å². The molecule has 0 aromatic rings. The van der Waals surface area contributed by atoms with Crippen molar-refractivity contribution < 1.29 is 13.2 Å². The summed E-state index contributed by atoms with van der Waals surface area (Å²) in [6.07, 6.45) is 2.20. The molecule has 2 unspecified atom stereocenters. The third kappa shape index (κ3) is 5.19. The number of hydrogen-bond donors (Lipinski definition) is 1. The summed E-state index contributed by atoms with van der Waals surface area (Å²) in [5.41, 5.74) is 0. The summed E-state index contributed by atoms with van der Waals surface area (Å²) in [5.74, 6) is 0.605. The molecule has 1 saturated carbocycles. The molecule has 0 bridgehead atoms. The number of unbranched alkanes of at least 4 members (excludes halogenated alkanes) is 1. The highest BCUT2D eigenvalue weighted by molar-refractivity contribution is 4.83. The van der Waals surface area contributed by atoms with Crippen molar-refractivity contribution in [2.75, 3.05) is 6.54 Å². The van der Waals surface area contributed by atoms with Crippen molar-refractivity contribution in [1.29, 1.82) is 0 Å². The standard InChI is InChI=1S/C12H22F3N/c1-2-3-5-10-6-4-7-11(10)16-9-8-12(13,14)15/h10-11,16H,2-9H2,1H3. The van der Waals surface area contributed by atoms with Crippen LogP contribution in [0.1, 0.15) is 51.9 Å². The van der Waals surface area contributed by atoms with Crippen LogP contribution in [0.25, 0.3) is 0 Å². The van der Waals surface area contributed by atoms with Gasteiger partial charge in [0.2, 0.25) is 0 Å². The van der Waals surface area contributed by atoms with Gasteiger partial charge in [0, 0.05) is 12.6 Å². The number of alkyl halides is 3. The van der Waals surface area contributed by atoms with E-state index in [9.17, 15) is 13.2 Å². The second kappa shape index (κ2) is 6.48. The number of hydrogen-bond acceptors (Lipinski definition) is 1. The molecule has 96 valence electrons. The summed E-state index contributed by atoms with van der Waals surface area (Å²) in [7, 11) is 0. The van der Waals surface area contributed by atoms with E-state index >= 15 is 0 Å². The summed E-state index contributed by atoms with van der Waals surface area (Å²) in [4.78, 5) is 0. The summed E-state index contributed by atoms with van der Waals surface area (Å²) >= 11 is 0. The quantitative estimate of drug-likeness (QED) is 0.739. The Labute approximate surface area is 95.8 Å². The maximum absolute atomic E-state index is 12.0. The lowest BCUT2D eigenvalue weighted by Gasteiger charge is -2.21. The third-order valence-corrected chi connectivity index (χ3v) is 3.40. The van der Waals surface area contributed by atoms with E-state index in [-0.39, 0.29) is 6.54 Å². The zero-order valence-corrected chi connectivity index (χ0v) is 9.95. The molecule has 16 heavy (non-hydrogen) atoms. The van der Waals surface area contributed by atoms with Crippen LogP contribution in [-0.2, 0) is 0 Å². The Morgan fingerprint density at radius 2 is 2.00 bits per heavy atom. The normalized spacial score (nSPS) is 26.2. The minimum atomic E-state index is -4.02. The summed E-state index contributed by atoms with van der Waals surface area (Å²) in [5, 5.41) is 3.08. The average molecular weight is 237 g/mol. The highest BCUT2D eigenvalue weighted by atomic mass is 19.4. The zero-order valence-electron chi connectivity index (χ0n) is 9.95. The van der Waals surface area contributed by atoms with Crippen molar-refractivity contribution in [2.45, 2.75) is 64.1 Å². The molecule has 0 spiro atoms. The first-order chi connectivity index (χ1) is 7.53. The molecule has 1 fully saturated rings. The van der Waals surface area contributed by atoms with Crippen LogP contribution in [0.4, 0.5) is 13.2 Å². The number of nitrogens with one attached hydrogen (secondary N) is 1. The van der Waals surface area contributed by atoms with Crippen molar-refractivity contribution in [1.82, 2.24) is 5.32 Å². The fourth-order valence-corrected chi connectivity index (χ4v) is 2.52. The van der Waals surface area contributed by atoms with Crippen molar-refractivity contribution in [2.24, 2.45) is 5.92 Å². The molecule has 0 radical (unpaired) electrons. The monoisotopic (exact) mass is 237 g/mol. The molecular formula is C12H22F3N. The van der Waals surface area contributed by atoms with Gasteiger partial charge in [0.1, 0.15) is 0 Å². The molecule has 1 rings (SSSR count). The van der Waals surface area contributed by atoms with E-state index in [1.807, 2.05) is 0 Å². The predicted molar refractivity (Wildman–Crippen MR) is 59.3 cm³/mol. The van der Waals surface area contributed by atoms with Gasteiger partial charge >= 0.3 is 6.18 Å². The third-order valence-electron chi connectivity index (χ3n) is 3.40. The second-order valence-electron chi connectivity index (χ2n) is 4.76. The lowest BCUT2D eigenvalue weighted by molar-refractivity contribution is -0.133. The van der Waals surface area contributed by atoms with E-state index in [0.717, 1.165) is 12.8 Å². The van der Waals surface area contributed by atoms with Crippen LogP contribution >= 0.6 is 0 Å². The van der Waals surface area contributed by atoms with Gasteiger partial charge < -0.3 is 5.32 Å². The molecular weight excluding hydrogens is 215 g/mol. The van der Waals surface area contributed by atoms with Crippen molar-refractivity contribution in [3.8, 4) is 0 Å². The Bertz CT molecular complexity index is 191. The Kier molecular flexibility index (Phi) is 5.59. The number of halogens is 3. The maximum Gasteiger partial charge on any atom is 0.390 e. The minimum Gasteiger partial charge on any atom is -0.313 e. The topological polar surface area (TPSA) is 12.0 Å². The summed E-state index contributed by atoms with van der Waals surface area (Å²) in [6, 6.07) is 0.328. The van der Waals surface area contributed by atoms with Gasteiger partial charge in [0.15, 0.2) is 0 Å². The van der Waals surface area contributed by atoms with Gasteiger partial charge in [-0.05, 0) is 25.2 Å². The Morgan fingerprint density at radius 1 is 1.25 bits per heavy atom. The van der Waals surface area contributed by atoms with Crippen LogP contribution in [0, 0.1) is 5.92 Å². The fourth-order valence-electron chi connectivity index (χ4n) is 2.52. The highest BCUT2D eigenvalue weighted by Gasteiger charge is 2.29. The molecule has 0 aliphatic heterocycles. The van der Waals surface area contributed by atoms with Gasteiger partial charge in [-0.15, -0.1) is 0 Å². The predicted octanol–water partition coefficient (Wildman–Crippen LogP) is 3.89. The maximum atomic E-state index is 12.0. The highest BCUT2D eigenvalue weighted by Crippen LogP contribution is 2.30. The van der Waals surface area contributed by atoms with E-state index in [2.05, 4.69) is 12.2 Å². The molecule has 0 saturated heterocycles. The fraction of sp³-hybridized carbons (Fsp3) is 1.00. The smallest absolute Gasteiger partial charge is 0.313 e. The van der Waals surface area contributed by atoms with E-state index in [4.69, 9.17) is 0 Å². The van der Waals surface area contributed by atoms with Gasteiger partial charge in [-0.25, -0.2) is 0 Å². The zero-order chi connectivity index (χ0) is 12.0. The molecule has 1 aliphatic carbocycles. The Hall–Kier alpha value is -0.250. The molecule has 0 aromatic heterocycles. The lowest BCUT2D eigenvalue weighted by atomic mass is 9.97. The SMILES string of the molecule is CCCCC1CCCC1NCCC(F)(F)F. The van der Waals surface area contributed by atoms with Crippen molar-refractivity contribution in [3.63, 3.8) is 0 Å². The van der Waals surface area contributed by atoms with E-state index in [1.54, 1.807) is 0 Å². The first kappa shape index (κ1) is 13.8. The van der Waals surface area contributed by atoms with Crippen LogP contribution in [0.5, 0.6) is 0 Å². The van der Waals surface area contributed by atoms with Gasteiger partial charge in [0.05, 0.1) is 6.42 Å². The first-order valence-corrected chi connectivity index (χ1v) is 6.33. The molecule has 0 amide bonds. The van der Waals surface area contributed by atoms with Crippen LogP contribution in [-0.4, -0.2) is 18.8 Å². The van der Waals surface area contributed by atoms with Gasteiger partial charge in [0.25, 0.3) is 0 Å². The average Bonchev–Trinajstić information content (AvgIpc) is 2.60. The molecule has 1 aliphatic rings. The van der Waals surface area contributed by atoms with Crippen LogP contribution < -0.4 is 5.32 Å². The van der Waals surface area contributed by atoms with E-state index in [1.165, 1.54) is 25.7 Å². The number of rotatable bonds is 6. The molecule has 4 heteroatoms. The molecule has 1 nitrogen and oxygen atoms in total. The van der Waals surface area contributed by atoms with E-state index < -0.39 is 12.6 Å². The minimum absolute atomic E-state index is 0.0802. The molecule has 2 atom stereocenters. The van der Waals surface area contributed by atoms with Crippen LogP contribution in [0.2, 0.25) is 0 Å². The second-order valence-corrected chi connectivity index (χ2v) is 4.76. The Morgan fingerprint density at radius 3 is 2.62 bits per heavy atom. The van der Waals surface area contributed by atoms with Crippen LogP contribution in [0.15, 0.2) is 0 Å². The molecule has 0 aromatic carbocycles. The van der Waals surface area contributed by atoms with Gasteiger partial charge in [-0.1, -0.05) is 26.2 Å². The lowest BCUT2D eigenvalue weighted by Crippen LogP contribution is -2.34. The Balaban J connectivity index is 2.19. The van der Waals surface area contributed by atoms with Crippen molar-refractivity contribution >= 4 is 0 Å². The van der Waals surface area contributed by atoms with Crippen molar-refractivity contribution in [3.05, 3.63) is 0 Å². The molecule has 0 heterocycles. The van der Waals surface area contributed by atoms with Gasteiger partial charge in [-0.2, -0.15) is 13.2 Å². The first-order valence-electron chi connectivity index (χ1n) is 6.33. The summed E-state index contributed by atoms with van der Waals surface area (Å²) < 4.78 is 36.0. The van der Waals surface area contributed by atoms with Crippen LogP contribution in [0.3, 0.4) is 0 Å². The molecule has 1 N–H and O–H groups in total. The van der Waals surface area contributed by atoms with E-state index in [0.29, 0.717) is 12.0 Å². The largest absolute Gasteiger partial charge is 0.390 e. The summed E-state index contributed by atoms with van der Waals surface area (Å²) in [6.45, 7) is 2.23.